The van der Waals surface area contributed by atoms with Crippen molar-refractivity contribution in [1.82, 2.24) is 15.8 Å². The molecule has 2 rings (SSSR count). The minimum absolute atomic E-state index is 0.128. The topological polar surface area (TPSA) is 44.4 Å². The molecule has 0 bridgehead atoms. The van der Waals surface area contributed by atoms with Crippen molar-refractivity contribution in [2.45, 2.75) is 45.2 Å². The number of hydrogen-bond acceptors (Lipinski definition) is 3. The second-order valence-corrected chi connectivity index (χ2v) is 6.42. The molecular weight excluding hydrogens is 330 g/mol. The molecule has 1 saturated heterocycles. The highest BCUT2D eigenvalue weighted by Crippen LogP contribution is 2.24. The Labute approximate surface area is 135 Å². The van der Waals surface area contributed by atoms with E-state index in [0.717, 1.165) is 36.8 Å². The maximum Gasteiger partial charge on any atom is 0.241 e. The zero-order chi connectivity index (χ0) is 15.2. The van der Waals surface area contributed by atoms with Crippen molar-refractivity contribution in [2.24, 2.45) is 0 Å². The lowest BCUT2D eigenvalue weighted by Gasteiger charge is -2.24. The Balaban J connectivity index is 1.97. The van der Waals surface area contributed by atoms with Gasteiger partial charge in [0, 0.05) is 23.6 Å². The van der Waals surface area contributed by atoms with Crippen molar-refractivity contribution in [3.05, 3.63) is 34.3 Å². The number of hydrazine groups is 1. The van der Waals surface area contributed by atoms with Crippen LogP contribution in [0.25, 0.3) is 0 Å². The van der Waals surface area contributed by atoms with Crippen LogP contribution in [0.3, 0.4) is 0 Å². The predicted molar refractivity (Wildman–Crippen MR) is 88.7 cm³/mol. The molecule has 1 aliphatic heterocycles. The fourth-order valence-electron chi connectivity index (χ4n) is 2.72. The van der Waals surface area contributed by atoms with Crippen molar-refractivity contribution in [2.75, 3.05) is 13.1 Å². The molecule has 0 aromatic heterocycles. The summed E-state index contributed by atoms with van der Waals surface area (Å²) < 4.78 is 1.07. The van der Waals surface area contributed by atoms with E-state index < -0.39 is 0 Å². The molecule has 0 spiro atoms. The van der Waals surface area contributed by atoms with E-state index in [2.05, 4.69) is 52.8 Å². The van der Waals surface area contributed by atoms with Gasteiger partial charge in [0.05, 0.1) is 0 Å². The fourth-order valence-corrected chi connectivity index (χ4v) is 2.99. The van der Waals surface area contributed by atoms with Crippen LogP contribution in [-0.2, 0) is 4.79 Å². The summed E-state index contributed by atoms with van der Waals surface area (Å²) in [6.45, 7) is 5.91. The first kappa shape index (κ1) is 16.5. The quantitative estimate of drug-likeness (QED) is 0.826. The van der Waals surface area contributed by atoms with Gasteiger partial charge < -0.3 is 4.90 Å². The van der Waals surface area contributed by atoms with Crippen molar-refractivity contribution in [1.29, 1.82) is 0 Å². The van der Waals surface area contributed by atoms with Crippen molar-refractivity contribution in [3.8, 4) is 0 Å². The van der Waals surface area contributed by atoms with Gasteiger partial charge in [0.1, 0.15) is 6.04 Å². The third-order valence-electron chi connectivity index (χ3n) is 3.77. The third-order valence-corrected chi connectivity index (χ3v) is 4.30. The fraction of sp³-hybridized carbons (Fsp3) is 0.562. The van der Waals surface area contributed by atoms with Crippen LogP contribution in [0.5, 0.6) is 0 Å². The van der Waals surface area contributed by atoms with Gasteiger partial charge in [-0.2, -0.15) is 0 Å². The Bertz CT molecular complexity index is 457. The molecular formula is C16H24BrN3O. The summed E-state index contributed by atoms with van der Waals surface area (Å²) in [6.07, 6.45) is 2.80. The lowest BCUT2D eigenvalue weighted by Crippen LogP contribution is -2.46. The number of hydrogen-bond donors (Lipinski definition) is 2. The van der Waals surface area contributed by atoms with Crippen LogP contribution in [-0.4, -0.2) is 29.9 Å². The first-order valence-electron chi connectivity index (χ1n) is 7.71. The molecule has 21 heavy (non-hydrogen) atoms. The summed E-state index contributed by atoms with van der Waals surface area (Å²) >= 11 is 3.45. The Morgan fingerprint density at radius 2 is 1.81 bits per heavy atom. The minimum atomic E-state index is -0.128. The second kappa shape index (κ2) is 7.92. The molecule has 2 unspecified atom stereocenters. The number of rotatable bonds is 6. The number of carbonyl (C=O) groups is 1. The van der Waals surface area contributed by atoms with E-state index in [-0.39, 0.29) is 18.0 Å². The summed E-state index contributed by atoms with van der Waals surface area (Å²) in [4.78, 5) is 14.5. The normalized spacial score (nSPS) is 21.5. The maximum atomic E-state index is 12.6. The van der Waals surface area contributed by atoms with Crippen LogP contribution in [0.4, 0.5) is 0 Å². The van der Waals surface area contributed by atoms with Gasteiger partial charge in [0.2, 0.25) is 5.91 Å². The van der Waals surface area contributed by atoms with E-state index in [4.69, 9.17) is 0 Å². The average Bonchev–Trinajstić information content (AvgIpc) is 2.97. The lowest BCUT2D eigenvalue weighted by atomic mass is 10.0. The monoisotopic (exact) mass is 353 g/mol. The van der Waals surface area contributed by atoms with Crippen LogP contribution in [0.2, 0.25) is 0 Å². The van der Waals surface area contributed by atoms with Crippen molar-refractivity contribution >= 4 is 21.8 Å². The molecule has 1 aromatic carbocycles. The largest absolute Gasteiger partial charge is 0.341 e. The molecule has 0 radical (unpaired) electrons. The van der Waals surface area contributed by atoms with E-state index in [1.54, 1.807) is 0 Å². The van der Waals surface area contributed by atoms with Crippen molar-refractivity contribution < 1.29 is 4.79 Å². The smallest absolute Gasteiger partial charge is 0.241 e. The zero-order valence-corrected chi connectivity index (χ0v) is 14.3. The molecule has 116 valence electrons. The molecule has 1 heterocycles. The van der Waals surface area contributed by atoms with Crippen molar-refractivity contribution in [3.63, 3.8) is 0 Å². The maximum absolute atomic E-state index is 12.6. The SMILES string of the molecule is CCCN(CCC)C(=O)C1CC(c2ccc(Br)cc2)NN1. The number of carbonyl (C=O) groups excluding carboxylic acids is 1. The molecule has 5 heteroatoms. The predicted octanol–water partition coefficient (Wildman–Crippen LogP) is 3.01. The van der Waals surface area contributed by atoms with Crippen LogP contribution in [0.15, 0.2) is 28.7 Å². The van der Waals surface area contributed by atoms with E-state index >= 15 is 0 Å². The van der Waals surface area contributed by atoms with Gasteiger partial charge in [0.25, 0.3) is 0 Å². The molecule has 1 amide bonds. The van der Waals surface area contributed by atoms with E-state index in [1.165, 1.54) is 5.56 Å². The Hall–Kier alpha value is -0.910. The number of halogens is 1. The Kier molecular flexibility index (Phi) is 6.21. The highest BCUT2D eigenvalue weighted by molar-refractivity contribution is 9.10. The van der Waals surface area contributed by atoms with E-state index in [1.807, 2.05) is 17.0 Å². The summed E-state index contributed by atoms with van der Waals surface area (Å²) in [6, 6.07) is 8.31. The highest BCUT2D eigenvalue weighted by atomic mass is 79.9. The number of amides is 1. The van der Waals surface area contributed by atoms with Gasteiger partial charge in [-0.1, -0.05) is 41.9 Å². The third kappa shape index (κ3) is 4.28. The van der Waals surface area contributed by atoms with Crippen LogP contribution < -0.4 is 10.9 Å². The Morgan fingerprint density at radius 3 is 2.38 bits per heavy atom. The molecule has 0 aliphatic carbocycles. The molecule has 1 fully saturated rings. The first-order chi connectivity index (χ1) is 10.2. The molecule has 1 aromatic rings. The summed E-state index contributed by atoms with van der Waals surface area (Å²) in [5, 5.41) is 0. The standard InChI is InChI=1S/C16H24BrN3O/c1-3-9-20(10-4-2)16(21)15-11-14(18-19-15)12-5-7-13(17)8-6-12/h5-8,14-15,18-19H,3-4,9-11H2,1-2H3. The van der Waals surface area contributed by atoms with Gasteiger partial charge in [-0.25, -0.2) is 10.9 Å². The van der Waals surface area contributed by atoms with E-state index in [0.29, 0.717) is 0 Å². The number of nitrogens with zero attached hydrogens (tertiary/aromatic N) is 1. The van der Waals surface area contributed by atoms with Crippen LogP contribution in [0, 0.1) is 0 Å². The average molecular weight is 354 g/mol. The lowest BCUT2D eigenvalue weighted by molar-refractivity contribution is -0.133. The molecule has 0 saturated carbocycles. The molecule has 1 aliphatic rings. The summed E-state index contributed by atoms with van der Waals surface area (Å²) in [5.74, 6) is 0.214. The number of benzene rings is 1. The summed E-state index contributed by atoms with van der Waals surface area (Å²) in [5.41, 5.74) is 7.62. The van der Waals surface area contributed by atoms with Crippen LogP contribution in [0.1, 0.15) is 44.7 Å². The Morgan fingerprint density at radius 1 is 1.19 bits per heavy atom. The van der Waals surface area contributed by atoms with Gasteiger partial charge in [-0.3, -0.25) is 4.79 Å². The first-order valence-corrected chi connectivity index (χ1v) is 8.50. The minimum Gasteiger partial charge on any atom is -0.341 e. The zero-order valence-electron chi connectivity index (χ0n) is 12.7. The van der Waals surface area contributed by atoms with Gasteiger partial charge in [-0.15, -0.1) is 0 Å². The second-order valence-electron chi connectivity index (χ2n) is 5.51. The van der Waals surface area contributed by atoms with Gasteiger partial charge in [0.15, 0.2) is 0 Å². The molecule has 2 atom stereocenters. The van der Waals surface area contributed by atoms with E-state index in [9.17, 15) is 4.79 Å². The molecule has 2 N–H and O–H groups in total. The highest BCUT2D eigenvalue weighted by Gasteiger charge is 2.32. The van der Waals surface area contributed by atoms with Gasteiger partial charge in [-0.05, 0) is 37.0 Å². The van der Waals surface area contributed by atoms with Crippen LogP contribution >= 0.6 is 15.9 Å². The summed E-state index contributed by atoms with van der Waals surface area (Å²) in [7, 11) is 0. The van der Waals surface area contributed by atoms with Gasteiger partial charge >= 0.3 is 0 Å². The molecule has 4 nitrogen and oxygen atoms in total. The number of nitrogens with one attached hydrogen (secondary N) is 2.